The zero-order valence-electron chi connectivity index (χ0n) is 9.10. The number of para-hydroxylation sites is 1. The number of benzene rings is 1. The van der Waals surface area contributed by atoms with Gasteiger partial charge in [0.25, 0.3) is 0 Å². The van der Waals surface area contributed by atoms with Crippen molar-refractivity contribution < 1.29 is 4.79 Å². The third-order valence-electron chi connectivity index (χ3n) is 2.97. The van der Waals surface area contributed by atoms with Crippen LogP contribution in [0.25, 0.3) is 0 Å². The van der Waals surface area contributed by atoms with Crippen LogP contribution in [0.15, 0.2) is 24.3 Å². The van der Waals surface area contributed by atoms with Crippen molar-refractivity contribution in [2.45, 2.75) is 13.0 Å². The summed E-state index contributed by atoms with van der Waals surface area (Å²) in [5.74, 6) is 1.37. The topological polar surface area (TPSA) is 46.3 Å². The molecule has 0 aliphatic carbocycles. The predicted molar refractivity (Wildman–Crippen MR) is 68.2 cm³/mol. The number of nitrogens with zero attached hydrogens (tertiary/aromatic N) is 1. The molecule has 1 saturated heterocycles. The van der Waals surface area contributed by atoms with Crippen LogP contribution in [0.3, 0.4) is 0 Å². The number of hydrogen-bond donors (Lipinski definition) is 2. The summed E-state index contributed by atoms with van der Waals surface area (Å²) in [5.41, 5.74) is 7.64. The van der Waals surface area contributed by atoms with Gasteiger partial charge in [0, 0.05) is 25.2 Å². The van der Waals surface area contributed by atoms with Crippen LogP contribution < -0.4 is 5.73 Å². The van der Waals surface area contributed by atoms with Crippen molar-refractivity contribution in [2.24, 2.45) is 5.92 Å². The van der Waals surface area contributed by atoms with E-state index in [9.17, 15) is 4.79 Å². The second-order valence-electron chi connectivity index (χ2n) is 4.23. The maximum Gasteiger partial charge on any atom is 0.223 e. The molecular weight excluding hydrogens is 220 g/mol. The van der Waals surface area contributed by atoms with Crippen molar-refractivity contribution in [3.8, 4) is 0 Å². The minimum absolute atomic E-state index is 0.210. The maximum atomic E-state index is 11.7. The van der Waals surface area contributed by atoms with E-state index < -0.39 is 0 Å². The second-order valence-corrected chi connectivity index (χ2v) is 4.59. The van der Waals surface area contributed by atoms with Crippen molar-refractivity contribution in [3.63, 3.8) is 0 Å². The fraction of sp³-hybridized carbons (Fsp3) is 0.417. The van der Waals surface area contributed by atoms with Gasteiger partial charge < -0.3 is 10.6 Å². The zero-order valence-corrected chi connectivity index (χ0v) is 9.99. The molecule has 1 atom stereocenters. The molecule has 0 aromatic heterocycles. The highest BCUT2D eigenvalue weighted by atomic mass is 32.1. The van der Waals surface area contributed by atoms with E-state index in [2.05, 4.69) is 12.6 Å². The fourth-order valence-electron chi connectivity index (χ4n) is 2.01. The predicted octanol–water partition coefficient (Wildman–Crippen LogP) is 1.55. The molecule has 86 valence electrons. The molecule has 0 bridgehead atoms. The van der Waals surface area contributed by atoms with E-state index in [-0.39, 0.29) is 5.91 Å². The number of thiol groups is 1. The van der Waals surface area contributed by atoms with Crippen molar-refractivity contribution in [3.05, 3.63) is 29.8 Å². The highest BCUT2D eigenvalue weighted by molar-refractivity contribution is 7.80. The lowest BCUT2D eigenvalue weighted by Crippen LogP contribution is -2.25. The largest absolute Gasteiger partial charge is 0.398 e. The van der Waals surface area contributed by atoms with Crippen molar-refractivity contribution >= 4 is 24.2 Å². The molecule has 0 radical (unpaired) electrons. The van der Waals surface area contributed by atoms with Crippen LogP contribution in [0, 0.1) is 5.92 Å². The van der Waals surface area contributed by atoms with Crippen LogP contribution in [0.1, 0.15) is 12.0 Å². The van der Waals surface area contributed by atoms with Gasteiger partial charge >= 0.3 is 0 Å². The molecule has 1 aromatic carbocycles. The number of carbonyl (C=O) groups excluding carboxylic acids is 1. The molecule has 0 saturated carbocycles. The maximum absolute atomic E-state index is 11.7. The second kappa shape index (κ2) is 4.78. The van der Waals surface area contributed by atoms with Gasteiger partial charge in [-0.05, 0) is 23.3 Å². The first-order valence-corrected chi connectivity index (χ1v) is 6.06. The molecule has 4 heteroatoms. The van der Waals surface area contributed by atoms with Gasteiger partial charge in [0.05, 0.1) is 0 Å². The molecule has 1 heterocycles. The summed E-state index contributed by atoms with van der Waals surface area (Å²) in [4.78, 5) is 13.6. The van der Waals surface area contributed by atoms with Crippen LogP contribution in [0.2, 0.25) is 0 Å². The minimum Gasteiger partial charge on any atom is -0.398 e. The van der Waals surface area contributed by atoms with Crippen LogP contribution in [0.4, 0.5) is 5.69 Å². The number of nitrogens with two attached hydrogens (primary N) is 1. The van der Waals surface area contributed by atoms with E-state index in [1.165, 1.54) is 0 Å². The molecule has 1 aliphatic heterocycles. The highest BCUT2D eigenvalue weighted by Gasteiger charge is 2.28. The lowest BCUT2D eigenvalue weighted by Gasteiger charge is -2.17. The summed E-state index contributed by atoms with van der Waals surface area (Å²) in [6, 6.07) is 7.69. The van der Waals surface area contributed by atoms with Crippen molar-refractivity contribution in [1.29, 1.82) is 0 Å². The average Bonchev–Trinajstić information content (AvgIpc) is 2.63. The smallest absolute Gasteiger partial charge is 0.223 e. The number of nitrogen functional groups attached to an aromatic ring is 1. The molecule has 2 N–H and O–H groups in total. The van der Waals surface area contributed by atoms with E-state index in [0.717, 1.165) is 23.5 Å². The Morgan fingerprint density at radius 1 is 1.44 bits per heavy atom. The Labute approximate surface area is 101 Å². The number of amides is 1. The van der Waals surface area contributed by atoms with E-state index in [1.807, 2.05) is 29.2 Å². The Morgan fingerprint density at radius 3 is 2.81 bits per heavy atom. The number of anilines is 1. The summed E-state index contributed by atoms with van der Waals surface area (Å²) >= 11 is 4.24. The number of rotatable bonds is 3. The molecule has 1 aromatic rings. The van der Waals surface area contributed by atoms with Crippen LogP contribution in [0.5, 0.6) is 0 Å². The summed E-state index contributed by atoms with van der Waals surface area (Å²) in [6.45, 7) is 1.42. The van der Waals surface area contributed by atoms with Gasteiger partial charge in [-0.25, -0.2) is 0 Å². The zero-order chi connectivity index (χ0) is 11.5. The first-order valence-electron chi connectivity index (χ1n) is 5.42. The third kappa shape index (κ3) is 2.32. The Morgan fingerprint density at radius 2 is 2.19 bits per heavy atom. The molecule has 16 heavy (non-hydrogen) atoms. The molecule has 3 nitrogen and oxygen atoms in total. The van der Waals surface area contributed by atoms with Crippen molar-refractivity contribution in [2.75, 3.05) is 18.0 Å². The number of likely N-dealkylation sites (tertiary alicyclic amines) is 1. The van der Waals surface area contributed by atoms with Crippen LogP contribution in [-0.2, 0) is 11.3 Å². The van der Waals surface area contributed by atoms with Gasteiger partial charge in [-0.1, -0.05) is 18.2 Å². The number of carbonyl (C=O) groups is 1. The summed E-state index contributed by atoms with van der Waals surface area (Å²) in [7, 11) is 0. The monoisotopic (exact) mass is 236 g/mol. The first kappa shape index (κ1) is 11.3. The van der Waals surface area contributed by atoms with Crippen molar-refractivity contribution in [1.82, 2.24) is 4.90 Å². The highest BCUT2D eigenvalue weighted by Crippen LogP contribution is 2.22. The Kier molecular flexibility index (Phi) is 3.39. The van der Waals surface area contributed by atoms with Gasteiger partial charge in [0.1, 0.15) is 0 Å². The normalized spacial score (nSPS) is 20.4. The standard InChI is InChI=1S/C12H16N2OS/c13-11-4-2-1-3-10(11)7-14-6-9(8-16)5-12(14)15/h1-4,9,16H,5-8,13H2. The van der Waals surface area contributed by atoms with Crippen LogP contribution in [-0.4, -0.2) is 23.1 Å². The Bertz CT molecular complexity index is 394. The first-order chi connectivity index (χ1) is 7.70. The van der Waals surface area contributed by atoms with E-state index in [0.29, 0.717) is 18.9 Å². The van der Waals surface area contributed by atoms with E-state index in [4.69, 9.17) is 5.73 Å². The van der Waals surface area contributed by atoms with Gasteiger partial charge in [0.2, 0.25) is 5.91 Å². The lowest BCUT2D eigenvalue weighted by atomic mass is 10.1. The lowest BCUT2D eigenvalue weighted by molar-refractivity contribution is -0.128. The molecule has 0 spiro atoms. The Hall–Kier alpha value is -1.16. The molecular formula is C12H16N2OS. The van der Waals surface area contributed by atoms with Gasteiger partial charge in [0.15, 0.2) is 0 Å². The van der Waals surface area contributed by atoms with Crippen LogP contribution >= 0.6 is 12.6 Å². The minimum atomic E-state index is 0.210. The average molecular weight is 236 g/mol. The number of hydrogen-bond acceptors (Lipinski definition) is 3. The molecule has 1 aliphatic rings. The summed E-state index contributed by atoms with van der Waals surface area (Å²) in [6.07, 6.45) is 0.621. The summed E-state index contributed by atoms with van der Waals surface area (Å²) < 4.78 is 0. The third-order valence-corrected chi connectivity index (χ3v) is 3.49. The molecule has 2 rings (SSSR count). The van der Waals surface area contributed by atoms with Gasteiger partial charge in [-0.3, -0.25) is 4.79 Å². The van der Waals surface area contributed by atoms with Gasteiger partial charge in [-0.15, -0.1) is 0 Å². The molecule has 1 fully saturated rings. The summed E-state index contributed by atoms with van der Waals surface area (Å²) in [5, 5.41) is 0. The molecule has 1 amide bonds. The van der Waals surface area contributed by atoms with Gasteiger partial charge in [-0.2, -0.15) is 12.6 Å². The van der Waals surface area contributed by atoms with E-state index in [1.54, 1.807) is 0 Å². The quantitative estimate of drug-likeness (QED) is 0.618. The van der Waals surface area contributed by atoms with E-state index >= 15 is 0 Å². The SMILES string of the molecule is Nc1ccccc1CN1CC(CS)CC1=O. The Balaban J connectivity index is 2.06. The molecule has 1 unspecified atom stereocenters. The fourth-order valence-corrected chi connectivity index (χ4v) is 2.26.